The van der Waals surface area contributed by atoms with Crippen LogP contribution in [0, 0.1) is 0 Å². The Morgan fingerprint density at radius 1 is 1.03 bits per heavy atom. The zero-order valence-electron chi connectivity index (χ0n) is 17.6. The van der Waals surface area contributed by atoms with Crippen LogP contribution in [0.1, 0.15) is 51.0 Å². The second kappa shape index (κ2) is 13.5. The van der Waals surface area contributed by atoms with Gasteiger partial charge in [-0.05, 0) is 47.9 Å². The highest BCUT2D eigenvalue weighted by Crippen LogP contribution is 2.35. The molecular weight excluding hydrogens is 413 g/mol. The van der Waals surface area contributed by atoms with Crippen LogP contribution in [0.4, 0.5) is 0 Å². The van der Waals surface area contributed by atoms with Gasteiger partial charge in [0.1, 0.15) is 0 Å². The molecule has 0 spiro atoms. The third-order valence-corrected chi connectivity index (χ3v) is 6.53. The second-order valence-electron chi connectivity index (χ2n) is 7.25. The summed E-state index contributed by atoms with van der Waals surface area (Å²) in [4.78, 5) is 23.6. The van der Waals surface area contributed by atoms with Crippen LogP contribution >= 0.6 is 18.9 Å². The summed E-state index contributed by atoms with van der Waals surface area (Å²) in [6.07, 6.45) is 13.8. The highest BCUT2D eigenvalue weighted by molar-refractivity contribution is 7.51. The number of hydrogen-bond donors (Lipinski definition) is 2. The maximum absolute atomic E-state index is 10.8. The van der Waals surface area contributed by atoms with Crippen molar-refractivity contribution >= 4 is 30.7 Å². The second-order valence-corrected chi connectivity index (χ2v) is 9.97. The first-order valence-corrected chi connectivity index (χ1v) is 13.2. The molecule has 4 nitrogen and oxygen atoms in total. The van der Waals surface area contributed by atoms with Crippen molar-refractivity contribution in [2.24, 2.45) is 4.99 Å². The summed E-state index contributed by atoms with van der Waals surface area (Å²) in [6, 6.07) is 12.8. The van der Waals surface area contributed by atoms with E-state index in [-0.39, 0.29) is 6.16 Å². The Balaban J connectivity index is 1.77. The van der Waals surface area contributed by atoms with Crippen molar-refractivity contribution in [2.75, 3.05) is 12.7 Å². The van der Waals surface area contributed by atoms with Crippen molar-refractivity contribution in [2.45, 2.75) is 45.4 Å². The molecule has 1 heterocycles. The largest absolute Gasteiger partial charge is 0.325 e. The van der Waals surface area contributed by atoms with Crippen LogP contribution in [0.3, 0.4) is 0 Å². The lowest BCUT2D eigenvalue weighted by Crippen LogP contribution is -1.90. The number of rotatable bonds is 13. The van der Waals surface area contributed by atoms with Gasteiger partial charge in [0.05, 0.1) is 0 Å². The Bertz CT molecular complexity index is 864. The summed E-state index contributed by atoms with van der Waals surface area (Å²) in [5.41, 5.74) is 3.49. The molecule has 162 valence electrons. The van der Waals surface area contributed by atoms with Crippen LogP contribution in [0.25, 0.3) is 16.0 Å². The van der Waals surface area contributed by atoms with E-state index in [9.17, 15) is 4.57 Å². The normalized spacial score (nSPS) is 13.0. The molecule has 2 aromatic rings. The first-order chi connectivity index (χ1) is 14.5. The molecule has 0 bridgehead atoms. The van der Waals surface area contributed by atoms with Crippen LogP contribution in [0.15, 0.2) is 65.0 Å². The van der Waals surface area contributed by atoms with Crippen molar-refractivity contribution < 1.29 is 14.4 Å². The van der Waals surface area contributed by atoms with Gasteiger partial charge in [0.2, 0.25) is 0 Å². The smallest absolute Gasteiger partial charge is 0.324 e. The van der Waals surface area contributed by atoms with Crippen LogP contribution in [-0.4, -0.2) is 28.7 Å². The summed E-state index contributed by atoms with van der Waals surface area (Å²) < 4.78 is 10.8. The molecule has 1 aromatic heterocycles. The molecule has 2 rings (SSSR count). The van der Waals surface area contributed by atoms with E-state index in [0.717, 1.165) is 49.8 Å². The molecule has 2 N–H and O–H groups in total. The number of unbranched alkanes of at least 4 members (excludes halogenated alkanes) is 5. The number of aliphatic imine (C=N–C) groups is 1. The fourth-order valence-electron chi connectivity index (χ4n) is 3.07. The maximum atomic E-state index is 10.8. The maximum Gasteiger partial charge on any atom is 0.325 e. The molecule has 0 saturated heterocycles. The lowest BCUT2D eigenvalue weighted by molar-refractivity contribution is 0.370. The molecule has 0 aliphatic rings. The predicted molar refractivity (Wildman–Crippen MR) is 131 cm³/mol. The highest BCUT2D eigenvalue weighted by Gasteiger charge is 2.10. The van der Waals surface area contributed by atoms with Gasteiger partial charge in [0.15, 0.2) is 0 Å². The minimum Gasteiger partial charge on any atom is -0.324 e. The van der Waals surface area contributed by atoms with Crippen molar-refractivity contribution in [3.8, 4) is 10.4 Å². The Kier molecular flexibility index (Phi) is 11.0. The molecule has 30 heavy (non-hydrogen) atoms. The zero-order chi connectivity index (χ0) is 21.7. The monoisotopic (exact) mass is 445 g/mol. The van der Waals surface area contributed by atoms with Crippen molar-refractivity contribution in [1.82, 2.24) is 0 Å². The summed E-state index contributed by atoms with van der Waals surface area (Å²) >= 11 is 1.75. The van der Waals surface area contributed by atoms with E-state index in [4.69, 9.17) is 9.79 Å². The van der Waals surface area contributed by atoms with Crippen LogP contribution in [-0.2, 0) is 4.57 Å². The van der Waals surface area contributed by atoms with Gasteiger partial charge >= 0.3 is 7.60 Å². The van der Waals surface area contributed by atoms with Crippen LogP contribution < -0.4 is 0 Å². The lowest BCUT2D eigenvalue weighted by atomic mass is 10.0. The number of benzene rings is 1. The zero-order valence-corrected chi connectivity index (χ0v) is 19.3. The fraction of sp³-hybridized carbons (Fsp3) is 0.375. The Morgan fingerprint density at radius 2 is 1.73 bits per heavy atom. The third kappa shape index (κ3) is 9.82. The Labute approximate surface area is 184 Å². The SMILES string of the molecule is C\C=C/C=C(\C=N\CCCCCCCCP(=O)(O)O)c1ccc(-c2cccs2)cc1. The van der Waals surface area contributed by atoms with Crippen molar-refractivity contribution in [1.29, 1.82) is 0 Å². The molecule has 6 heteroatoms. The molecule has 1 aromatic carbocycles. The summed E-state index contributed by atoms with van der Waals surface area (Å²) in [7, 11) is -3.82. The quantitative estimate of drug-likeness (QED) is 0.151. The van der Waals surface area contributed by atoms with E-state index < -0.39 is 7.60 Å². The van der Waals surface area contributed by atoms with Crippen molar-refractivity contribution in [3.63, 3.8) is 0 Å². The molecule has 0 radical (unpaired) electrons. The molecule has 0 unspecified atom stereocenters. The molecule has 0 atom stereocenters. The minimum absolute atomic E-state index is 0.00686. The predicted octanol–water partition coefficient (Wildman–Crippen LogP) is 6.96. The van der Waals surface area contributed by atoms with Gasteiger partial charge in [-0.3, -0.25) is 9.56 Å². The van der Waals surface area contributed by atoms with Crippen LogP contribution in [0.2, 0.25) is 0 Å². The molecule has 0 aliphatic carbocycles. The average molecular weight is 446 g/mol. The van der Waals surface area contributed by atoms with Crippen LogP contribution in [0.5, 0.6) is 0 Å². The van der Waals surface area contributed by atoms with Gasteiger partial charge in [-0.15, -0.1) is 11.3 Å². The van der Waals surface area contributed by atoms with E-state index in [2.05, 4.69) is 52.8 Å². The molecule has 0 aliphatic heterocycles. The minimum atomic E-state index is -3.82. The topological polar surface area (TPSA) is 69.9 Å². The summed E-state index contributed by atoms with van der Waals surface area (Å²) in [5, 5.41) is 2.09. The molecular formula is C24H32NO3PS. The average Bonchev–Trinajstić information content (AvgIpc) is 3.26. The number of thiophene rings is 1. The Hall–Kier alpha value is -1.78. The van der Waals surface area contributed by atoms with Gasteiger partial charge in [0, 0.05) is 23.8 Å². The van der Waals surface area contributed by atoms with Gasteiger partial charge in [-0.1, -0.05) is 74.2 Å². The molecule has 0 fully saturated rings. The summed E-state index contributed by atoms with van der Waals surface area (Å²) in [5.74, 6) is 0. The fourth-order valence-corrected chi connectivity index (χ4v) is 4.44. The Morgan fingerprint density at radius 3 is 2.37 bits per heavy atom. The standard InChI is InChI=1S/C24H32NO3PS/c1-2-3-11-23(21-13-15-22(16-14-21)24-12-10-19-30-24)20-25-17-8-6-4-5-7-9-18-29(26,27)28/h2-3,10-16,19-20H,4-9,17-18H2,1H3,(H2,26,27,28)/b3-2-,23-11+,25-20+. The highest BCUT2D eigenvalue weighted by atomic mass is 32.1. The third-order valence-electron chi connectivity index (χ3n) is 4.71. The van der Waals surface area contributed by atoms with Crippen molar-refractivity contribution in [3.05, 3.63) is 65.6 Å². The lowest BCUT2D eigenvalue weighted by Gasteiger charge is -2.04. The van der Waals surface area contributed by atoms with E-state index in [1.54, 1.807) is 11.3 Å². The number of hydrogen-bond acceptors (Lipinski definition) is 3. The number of nitrogens with zero attached hydrogens (tertiary/aromatic N) is 1. The van der Waals surface area contributed by atoms with E-state index in [0.29, 0.717) is 6.42 Å². The van der Waals surface area contributed by atoms with E-state index >= 15 is 0 Å². The molecule has 0 amide bonds. The van der Waals surface area contributed by atoms with Gasteiger partial charge in [-0.2, -0.15) is 0 Å². The first kappa shape index (κ1) is 24.5. The summed E-state index contributed by atoms with van der Waals surface area (Å²) in [6.45, 7) is 2.80. The molecule has 0 saturated carbocycles. The van der Waals surface area contributed by atoms with E-state index in [1.165, 1.54) is 10.4 Å². The van der Waals surface area contributed by atoms with Gasteiger partial charge in [0.25, 0.3) is 0 Å². The van der Waals surface area contributed by atoms with Gasteiger partial charge in [-0.25, -0.2) is 0 Å². The van der Waals surface area contributed by atoms with E-state index in [1.807, 2.05) is 25.3 Å². The van der Waals surface area contributed by atoms with Gasteiger partial charge < -0.3 is 9.79 Å². The first-order valence-electron chi connectivity index (χ1n) is 10.5. The number of allylic oxidation sites excluding steroid dienone is 4.